The summed E-state index contributed by atoms with van der Waals surface area (Å²) in [7, 11) is 1.54. The summed E-state index contributed by atoms with van der Waals surface area (Å²) in [6.07, 6.45) is 13.6. The number of aromatic nitrogens is 2. The zero-order valence-corrected chi connectivity index (χ0v) is 25.8. The Balaban J connectivity index is 1.16. The van der Waals surface area contributed by atoms with E-state index in [-0.39, 0.29) is 17.6 Å². The van der Waals surface area contributed by atoms with E-state index < -0.39 is 0 Å². The molecule has 0 aromatic carbocycles. The predicted octanol–water partition coefficient (Wildman–Crippen LogP) is 5.38. The van der Waals surface area contributed by atoms with Crippen molar-refractivity contribution in [2.24, 2.45) is 11.8 Å². The third-order valence-electron chi connectivity index (χ3n) is 10.4. The molecule has 1 aliphatic carbocycles. The largest absolute Gasteiger partial charge is 0.467 e. The number of amides is 2. The summed E-state index contributed by atoms with van der Waals surface area (Å²) in [5, 5.41) is 0. The lowest BCUT2D eigenvalue weighted by atomic mass is 9.75. The molecule has 4 aliphatic rings. The Morgan fingerprint density at radius 1 is 1.00 bits per heavy atom. The highest BCUT2D eigenvalue weighted by atomic mass is 16.6. The number of hydrogen-bond acceptors (Lipinski definition) is 7. The van der Waals surface area contributed by atoms with Gasteiger partial charge < -0.3 is 19.3 Å². The maximum atomic E-state index is 13.4. The quantitative estimate of drug-likeness (QED) is 0.415. The molecule has 9 nitrogen and oxygen atoms in total. The molecule has 3 aliphatic heterocycles. The lowest BCUT2D eigenvalue weighted by Gasteiger charge is -2.52. The van der Waals surface area contributed by atoms with Gasteiger partial charge in [-0.2, -0.15) is 9.97 Å². The van der Waals surface area contributed by atoms with Crippen LogP contribution >= 0.6 is 0 Å². The first-order valence-electron chi connectivity index (χ1n) is 16.2. The Bertz CT molecular complexity index is 1040. The molecule has 2 amide bonds. The minimum atomic E-state index is -0.314. The second-order valence-electron chi connectivity index (χ2n) is 13.0. The third-order valence-corrected chi connectivity index (χ3v) is 10.4. The van der Waals surface area contributed by atoms with Gasteiger partial charge >= 0.3 is 12.1 Å². The van der Waals surface area contributed by atoms with E-state index >= 15 is 0 Å². The van der Waals surface area contributed by atoms with E-state index in [1.807, 2.05) is 18.7 Å². The van der Waals surface area contributed by atoms with E-state index in [1.54, 1.807) is 7.11 Å². The Morgan fingerprint density at radius 2 is 1.66 bits per heavy atom. The zero-order chi connectivity index (χ0) is 29.0. The van der Waals surface area contributed by atoms with Crippen molar-refractivity contribution in [3.63, 3.8) is 0 Å². The topological polar surface area (TPSA) is 88.1 Å². The van der Waals surface area contributed by atoms with Crippen molar-refractivity contribution in [1.29, 1.82) is 0 Å². The van der Waals surface area contributed by atoms with Gasteiger partial charge in [-0.25, -0.2) is 4.79 Å². The average molecular weight is 570 g/mol. The number of carbonyl (C=O) groups excluding carboxylic acids is 2. The molecule has 1 unspecified atom stereocenters. The second kappa shape index (κ2) is 13.3. The van der Waals surface area contributed by atoms with Crippen LogP contribution in [0.15, 0.2) is 0 Å². The number of nitrogens with zero attached hydrogens (tertiary/aromatic N) is 5. The molecule has 228 valence electrons. The number of aryl methyl sites for hydroxylation is 2. The molecule has 4 fully saturated rings. The summed E-state index contributed by atoms with van der Waals surface area (Å²) in [5.74, 6) is 1.08. The molecule has 0 radical (unpaired) electrons. The van der Waals surface area contributed by atoms with Crippen molar-refractivity contribution in [3.05, 3.63) is 17.0 Å². The highest BCUT2D eigenvalue weighted by Crippen LogP contribution is 2.42. The molecular weight excluding hydrogens is 518 g/mol. The number of hydrogen-bond donors (Lipinski definition) is 0. The minimum Gasteiger partial charge on any atom is -0.467 e. The van der Waals surface area contributed by atoms with Gasteiger partial charge in [-0.3, -0.25) is 9.69 Å². The second-order valence-corrected chi connectivity index (χ2v) is 13.0. The Hall–Kier alpha value is -2.42. The molecule has 1 spiro atoms. The fourth-order valence-electron chi connectivity index (χ4n) is 7.92. The van der Waals surface area contributed by atoms with Crippen LogP contribution in [0.2, 0.25) is 0 Å². The number of piperidine rings is 2. The van der Waals surface area contributed by atoms with E-state index in [1.165, 1.54) is 44.9 Å². The number of carbonyl (C=O) groups is 2. The summed E-state index contributed by atoms with van der Waals surface area (Å²) < 4.78 is 11.6. The molecule has 9 heteroatoms. The van der Waals surface area contributed by atoms with Crippen LogP contribution in [0.5, 0.6) is 6.01 Å². The van der Waals surface area contributed by atoms with Crippen molar-refractivity contribution < 1.29 is 19.1 Å². The molecule has 1 atom stereocenters. The molecule has 0 N–H and O–H groups in total. The SMILES string of the molecule is CCCCC1CN(CC2CCCCC2)C(=O)OC12CCN(C1CCN(C(=O)c3c(C)nc(OC)nc3C)CC1)CC2. The van der Waals surface area contributed by atoms with E-state index in [4.69, 9.17) is 9.47 Å². The monoisotopic (exact) mass is 569 g/mol. The minimum absolute atomic E-state index is 0.0179. The summed E-state index contributed by atoms with van der Waals surface area (Å²) in [4.78, 5) is 41.9. The highest BCUT2D eigenvalue weighted by Gasteiger charge is 2.50. The van der Waals surface area contributed by atoms with Crippen LogP contribution in [-0.4, -0.2) is 94.7 Å². The highest BCUT2D eigenvalue weighted by molar-refractivity contribution is 5.96. The lowest BCUT2D eigenvalue weighted by Crippen LogP contribution is -2.61. The standard InChI is InChI=1S/C32H51N5O4/c1-5-6-12-26-22-37(21-25-10-8-7-9-11-25)31(39)41-32(26)15-19-35(20-16-32)27-13-17-36(18-14-27)29(38)28-23(2)33-30(40-4)34-24(28)3/h25-27H,5-22H2,1-4H3. The molecule has 1 saturated carbocycles. The number of rotatable bonds is 8. The molecular formula is C32H51N5O4. The van der Waals surface area contributed by atoms with Crippen molar-refractivity contribution in [2.75, 3.05) is 46.4 Å². The first-order valence-corrected chi connectivity index (χ1v) is 16.2. The normalized spacial score (nSPS) is 24.5. The van der Waals surface area contributed by atoms with Crippen LogP contribution in [0.1, 0.15) is 106 Å². The van der Waals surface area contributed by atoms with Gasteiger partial charge in [0.15, 0.2) is 0 Å². The van der Waals surface area contributed by atoms with Crippen LogP contribution in [0, 0.1) is 25.7 Å². The number of methoxy groups -OCH3 is 1. The van der Waals surface area contributed by atoms with Gasteiger partial charge in [-0.05, 0) is 51.9 Å². The van der Waals surface area contributed by atoms with Crippen molar-refractivity contribution in [1.82, 2.24) is 24.7 Å². The van der Waals surface area contributed by atoms with E-state index in [2.05, 4.69) is 26.7 Å². The maximum Gasteiger partial charge on any atom is 0.410 e. The fraction of sp³-hybridized carbons (Fsp3) is 0.812. The van der Waals surface area contributed by atoms with Crippen molar-refractivity contribution >= 4 is 12.0 Å². The molecule has 1 aromatic rings. The molecule has 4 heterocycles. The summed E-state index contributed by atoms with van der Waals surface area (Å²) in [6, 6.07) is 0.762. The van der Waals surface area contributed by atoms with Crippen LogP contribution < -0.4 is 4.74 Å². The van der Waals surface area contributed by atoms with E-state index in [0.717, 1.165) is 71.4 Å². The van der Waals surface area contributed by atoms with Gasteiger partial charge in [0.2, 0.25) is 0 Å². The van der Waals surface area contributed by atoms with Crippen LogP contribution in [0.25, 0.3) is 0 Å². The average Bonchev–Trinajstić information content (AvgIpc) is 2.98. The van der Waals surface area contributed by atoms with Crippen LogP contribution in [-0.2, 0) is 4.74 Å². The van der Waals surface area contributed by atoms with Crippen LogP contribution in [0.4, 0.5) is 4.79 Å². The molecule has 41 heavy (non-hydrogen) atoms. The summed E-state index contributed by atoms with van der Waals surface area (Å²) >= 11 is 0. The Kier molecular flexibility index (Phi) is 9.72. The lowest BCUT2D eigenvalue weighted by molar-refractivity contribution is -0.127. The van der Waals surface area contributed by atoms with Crippen LogP contribution in [0.3, 0.4) is 0 Å². The Morgan fingerprint density at radius 3 is 2.27 bits per heavy atom. The van der Waals surface area contributed by atoms with Gasteiger partial charge in [-0.1, -0.05) is 39.0 Å². The molecule has 5 rings (SSSR count). The smallest absolute Gasteiger partial charge is 0.410 e. The molecule has 3 saturated heterocycles. The van der Waals surface area contributed by atoms with Gasteiger partial charge in [-0.15, -0.1) is 0 Å². The summed E-state index contributed by atoms with van der Waals surface area (Å²) in [6.45, 7) is 11.1. The number of likely N-dealkylation sites (tertiary alicyclic amines) is 2. The number of unbranched alkanes of at least 4 members (excludes halogenated alkanes) is 1. The fourth-order valence-corrected chi connectivity index (χ4v) is 7.92. The third kappa shape index (κ3) is 6.65. The Labute approximate surface area is 246 Å². The molecule has 1 aromatic heterocycles. The zero-order valence-electron chi connectivity index (χ0n) is 25.8. The van der Waals surface area contributed by atoms with Crippen molar-refractivity contribution in [3.8, 4) is 6.01 Å². The predicted molar refractivity (Wildman–Crippen MR) is 158 cm³/mol. The van der Waals surface area contributed by atoms with E-state index in [9.17, 15) is 9.59 Å². The maximum absolute atomic E-state index is 13.4. The van der Waals surface area contributed by atoms with Gasteiger partial charge in [0.05, 0.1) is 24.1 Å². The van der Waals surface area contributed by atoms with Crippen molar-refractivity contribution in [2.45, 2.75) is 109 Å². The first kappa shape index (κ1) is 30.1. The van der Waals surface area contributed by atoms with E-state index in [0.29, 0.717) is 40.8 Å². The first-order chi connectivity index (χ1) is 19.8. The van der Waals surface area contributed by atoms with Gasteiger partial charge in [0, 0.05) is 64.1 Å². The van der Waals surface area contributed by atoms with Gasteiger partial charge in [0.1, 0.15) is 5.60 Å². The summed E-state index contributed by atoms with van der Waals surface area (Å²) in [5.41, 5.74) is 1.62. The van der Waals surface area contributed by atoms with Gasteiger partial charge in [0.25, 0.3) is 5.91 Å². The molecule has 0 bridgehead atoms. The number of ether oxygens (including phenoxy) is 2.